The van der Waals surface area contributed by atoms with Crippen LogP contribution in [0.5, 0.6) is 5.75 Å². The molecule has 2 aromatic carbocycles. The minimum Gasteiger partial charge on any atom is -0.489 e. The van der Waals surface area contributed by atoms with E-state index in [4.69, 9.17) is 21.4 Å². The van der Waals surface area contributed by atoms with Crippen LogP contribution in [0.1, 0.15) is 13.3 Å². The van der Waals surface area contributed by atoms with Crippen molar-refractivity contribution in [1.29, 1.82) is 0 Å². The van der Waals surface area contributed by atoms with Gasteiger partial charge in [0.2, 0.25) is 0 Å². The zero-order chi connectivity index (χ0) is 13.1. The van der Waals surface area contributed by atoms with Crippen molar-refractivity contribution in [2.24, 2.45) is 0 Å². The van der Waals surface area contributed by atoms with Crippen molar-refractivity contribution in [1.82, 2.24) is 0 Å². The summed E-state index contributed by atoms with van der Waals surface area (Å²) >= 11 is 6.10. The lowest BCUT2D eigenvalue weighted by molar-refractivity contribution is -0.138. The van der Waals surface area contributed by atoms with E-state index in [1.807, 2.05) is 24.3 Å². The summed E-state index contributed by atoms with van der Waals surface area (Å²) in [5.41, 5.74) is 0. The summed E-state index contributed by atoms with van der Waals surface area (Å²) in [4.78, 5) is 10.6. The minimum absolute atomic E-state index is 0.0308. The maximum Gasteiger partial charge on any atom is 0.307 e. The first-order valence-electron chi connectivity index (χ1n) is 5.63. The number of rotatable bonds is 4. The first-order valence-corrected chi connectivity index (χ1v) is 6.01. The van der Waals surface area contributed by atoms with E-state index in [2.05, 4.69) is 0 Å². The predicted octanol–water partition coefficient (Wildman–Crippen LogP) is 3.74. The number of aliphatic carboxylic acids is 1. The fourth-order valence-electron chi connectivity index (χ4n) is 1.84. The topological polar surface area (TPSA) is 46.5 Å². The molecule has 0 saturated heterocycles. The minimum atomic E-state index is -0.874. The number of carboxylic acid groups (broad SMARTS) is 1. The Bertz CT molecular complexity index is 580. The van der Waals surface area contributed by atoms with Crippen LogP contribution in [0.15, 0.2) is 36.4 Å². The molecule has 0 aliphatic heterocycles. The second-order valence-electron chi connectivity index (χ2n) is 4.12. The summed E-state index contributed by atoms with van der Waals surface area (Å²) in [6.45, 7) is 1.73. The molecule has 0 aliphatic carbocycles. The molecule has 0 unspecified atom stereocenters. The molecule has 0 bridgehead atoms. The van der Waals surface area contributed by atoms with Crippen LogP contribution in [0.3, 0.4) is 0 Å². The highest BCUT2D eigenvalue weighted by Gasteiger charge is 2.11. The van der Waals surface area contributed by atoms with E-state index in [9.17, 15) is 4.79 Å². The summed E-state index contributed by atoms with van der Waals surface area (Å²) in [6.07, 6.45) is -0.413. The van der Waals surface area contributed by atoms with Crippen molar-refractivity contribution in [3.05, 3.63) is 41.4 Å². The van der Waals surface area contributed by atoms with Crippen molar-refractivity contribution in [2.45, 2.75) is 19.4 Å². The van der Waals surface area contributed by atoms with E-state index in [0.717, 1.165) is 10.8 Å². The normalized spacial score (nSPS) is 12.3. The number of hydrogen-bond donors (Lipinski definition) is 1. The molecular formula is C14H13ClO3. The number of ether oxygens (including phenoxy) is 1. The Morgan fingerprint density at radius 2 is 1.94 bits per heavy atom. The van der Waals surface area contributed by atoms with Gasteiger partial charge in [-0.25, -0.2) is 0 Å². The molecule has 1 N–H and O–H groups in total. The van der Waals surface area contributed by atoms with Crippen LogP contribution in [0.25, 0.3) is 10.8 Å². The monoisotopic (exact) mass is 264 g/mol. The van der Waals surface area contributed by atoms with Crippen molar-refractivity contribution in [3.8, 4) is 5.75 Å². The van der Waals surface area contributed by atoms with Crippen LogP contribution in [0, 0.1) is 0 Å². The Hall–Kier alpha value is -1.74. The van der Waals surface area contributed by atoms with Crippen molar-refractivity contribution in [3.63, 3.8) is 0 Å². The molecule has 0 amide bonds. The standard InChI is InChI=1S/C14H13ClO3/c1-9(8-14(16)17)18-13-7-6-12(15)10-4-2-3-5-11(10)13/h2-7,9H,8H2,1H3,(H,16,17)/t9-/m0/s1. The highest BCUT2D eigenvalue weighted by atomic mass is 35.5. The van der Waals surface area contributed by atoms with Gasteiger partial charge in [0.05, 0.1) is 6.42 Å². The van der Waals surface area contributed by atoms with Gasteiger partial charge in [0.15, 0.2) is 0 Å². The number of carboxylic acids is 1. The molecule has 1 atom stereocenters. The number of halogens is 1. The Kier molecular flexibility index (Phi) is 3.72. The Balaban J connectivity index is 2.34. The van der Waals surface area contributed by atoms with Gasteiger partial charge in [-0.3, -0.25) is 4.79 Å². The SMILES string of the molecule is C[C@@H](CC(=O)O)Oc1ccc(Cl)c2ccccc12. The Morgan fingerprint density at radius 1 is 1.28 bits per heavy atom. The van der Waals surface area contributed by atoms with Gasteiger partial charge in [-0.1, -0.05) is 35.9 Å². The molecule has 2 aromatic rings. The molecule has 0 heterocycles. The molecule has 94 valence electrons. The summed E-state index contributed by atoms with van der Waals surface area (Å²) < 4.78 is 5.65. The van der Waals surface area contributed by atoms with Gasteiger partial charge in [-0.2, -0.15) is 0 Å². The third-order valence-corrected chi connectivity index (χ3v) is 2.95. The van der Waals surface area contributed by atoms with Gasteiger partial charge in [0.1, 0.15) is 11.9 Å². The molecule has 0 fully saturated rings. The predicted molar refractivity (Wildman–Crippen MR) is 71.3 cm³/mol. The maximum atomic E-state index is 10.6. The van der Waals surface area contributed by atoms with Crippen molar-refractivity contribution < 1.29 is 14.6 Å². The van der Waals surface area contributed by atoms with E-state index in [1.54, 1.807) is 19.1 Å². The van der Waals surface area contributed by atoms with Gasteiger partial charge in [0, 0.05) is 15.8 Å². The molecule has 0 aliphatic rings. The fourth-order valence-corrected chi connectivity index (χ4v) is 2.07. The molecule has 0 radical (unpaired) electrons. The average Bonchev–Trinajstić information content (AvgIpc) is 2.32. The van der Waals surface area contributed by atoms with E-state index in [0.29, 0.717) is 10.8 Å². The number of fused-ring (bicyclic) bond motifs is 1. The van der Waals surface area contributed by atoms with Gasteiger partial charge in [0.25, 0.3) is 0 Å². The average molecular weight is 265 g/mol. The van der Waals surface area contributed by atoms with Crippen molar-refractivity contribution >= 4 is 28.3 Å². The van der Waals surface area contributed by atoms with Crippen LogP contribution < -0.4 is 4.74 Å². The van der Waals surface area contributed by atoms with Crippen LogP contribution in [-0.2, 0) is 4.79 Å². The largest absolute Gasteiger partial charge is 0.489 e. The lowest BCUT2D eigenvalue weighted by atomic mass is 10.1. The van der Waals surface area contributed by atoms with Gasteiger partial charge < -0.3 is 9.84 Å². The van der Waals surface area contributed by atoms with Gasteiger partial charge >= 0.3 is 5.97 Å². The molecule has 0 saturated carbocycles. The molecule has 4 heteroatoms. The summed E-state index contributed by atoms with van der Waals surface area (Å²) in [6, 6.07) is 11.1. The lowest BCUT2D eigenvalue weighted by Gasteiger charge is -2.15. The van der Waals surface area contributed by atoms with Crippen LogP contribution in [-0.4, -0.2) is 17.2 Å². The third kappa shape index (κ3) is 2.74. The lowest BCUT2D eigenvalue weighted by Crippen LogP contribution is -2.16. The van der Waals surface area contributed by atoms with Crippen molar-refractivity contribution in [2.75, 3.05) is 0 Å². The number of carbonyl (C=O) groups is 1. The zero-order valence-corrected chi connectivity index (χ0v) is 10.6. The smallest absolute Gasteiger partial charge is 0.307 e. The highest BCUT2D eigenvalue weighted by Crippen LogP contribution is 2.31. The molecule has 0 aromatic heterocycles. The quantitative estimate of drug-likeness (QED) is 0.915. The summed E-state index contributed by atoms with van der Waals surface area (Å²) in [5, 5.41) is 11.2. The van der Waals surface area contributed by atoms with Gasteiger partial charge in [-0.05, 0) is 19.1 Å². The van der Waals surface area contributed by atoms with Crippen LogP contribution in [0.4, 0.5) is 0 Å². The molecule has 2 rings (SSSR count). The van der Waals surface area contributed by atoms with Crippen LogP contribution in [0.2, 0.25) is 5.02 Å². The summed E-state index contributed by atoms with van der Waals surface area (Å²) in [5.74, 6) is -0.218. The second-order valence-corrected chi connectivity index (χ2v) is 4.52. The highest BCUT2D eigenvalue weighted by molar-refractivity contribution is 6.35. The number of benzene rings is 2. The third-order valence-electron chi connectivity index (χ3n) is 2.62. The van der Waals surface area contributed by atoms with Gasteiger partial charge in [-0.15, -0.1) is 0 Å². The molecular weight excluding hydrogens is 252 g/mol. The second kappa shape index (κ2) is 5.27. The van der Waals surface area contributed by atoms with E-state index >= 15 is 0 Å². The van der Waals surface area contributed by atoms with E-state index < -0.39 is 5.97 Å². The first kappa shape index (κ1) is 12.7. The molecule has 3 nitrogen and oxygen atoms in total. The first-order chi connectivity index (χ1) is 8.58. The van der Waals surface area contributed by atoms with E-state index in [-0.39, 0.29) is 12.5 Å². The Labute approximate surface area is 110 Å². The van der Waals surface area contributed by atoms with E-state index in [1.165, 1.54) is 0 Å². The molecule has 18 heavy (non-hydrogen) atoms. The Morgan fingerprint density at radius 3 is 2.61 bits per heavy atom. The van der Waals surface area contributed by atoms with Crippen LogP contribution >= 0.6 is 11.6 Å². The number of hydrogen-bond acceptors (Lipinski definition) is 2. The maximum absolute atomic E-state index is 10.6. The zero-order valence-electron chi connectivity index (χ0n) is 9.89. The molecule has 0 spiro atoms. The fraction of sp³-hybridized carbons (Fsp3) is 0.214. The summed E-state index contributed by atoms with van der Waals surface area (Å²) in [7, 11) is 0.